The second kappa shape index (κ2) is 7.13. The van der Waals surface area contributed by atoms with Crippen LogP contribution in [-0.2, 0) is 0 Å². The minimum Gasteiger partial charge on any atom is -0.409 e. The first-order valence-electron chi connectivity index (χ1n) is 7.18. The van der Waals surface area contributed by atoms with Gasteiger partial charge in [-0.2, -0.15) is 0 Å². The van der Waals surface area contributed by atoms with Crippen LogP contribution in [0.15, 0.2) is 27.8 Å². The average molecular weight is 355 g/mol. The lowest BCUT2D eigenvalue weighted by molar-refractivity contribution is 0.222. The van der Waals surface area contributed by atoms with Crippen molar-refractivity contribution in [3.05, 3.63) is 28.2 Å². The van der Waals surface area contributed by atoms with Gasteiger partial charge in [-0.15, -0.1) is 0 Å². The van der Waals surface area contributed by atoms with Gasteiger partial charge in [-0.3, -0.25) is 0 Å². The molecule has 21 heavy (non-hydrogen) atoms. The maximum Gasteiger partial charge on any atom is 0.172 e. The molecule has 0 aromatic heterocycles. The minimum atomic E-state index is 0.140. The highest BCUT2D eigenvalue weighted by molar-refractivity contribution is 9.10. The highest BCUT2D eigenvalue weighted by atomic mass is 79.9. The van der Waals surface area contributed by atoms with Gasteiger partial charge in [0.05, 0.1) is 0 Å². The third kappa shape index (κ3) is 4.11. The van der Waals surface area contributed by atoms with E-state index >= 15 is 0 Å². The van der Waals surface area contributed by atoms with Crippen LogP contribution in [0.1, 0.15) is 18.4 Å². The molecule has 0 amide bonds. The Bertz CT molecular complexity index is 512. The number of oxime groups is 1. The number of nitrogens with zero attached hydrogens (tertiary/aromatic N) is 3. The van der Waals surface area contributed by atoms with E-state index in [9.17, 15) is 0 Å². The first kappa shape index (κ1) is 16.1. The topological polar surface area (TPSA) is 65.1 Å². The van der Waals surface area contributed by atoms with E-state index in [1.165, 1.54) is 12.8 Å². The van der Waals surface area contributed by atoms with Gasteiger partial charge in [0.25, 0.3) is 0 Å². The molecule has 1 aliphatic heterocycles. The third-order valence-corrected chi connectivity index (χ3v) is 4.62. The molecule has 0 unspecified atom stereocenters. The van der Waals surface area contributed by atoms with Crippen LogP contribution < -0.4 is 10.6 Å². The zero-order chi connectivity index (χ0) is 15.4. The highest BCUT2D eigenvalue weighted by Crippen LogP contribution is 2.26. The summed E-state index contributed by atoms with van der Waals surface area (Å²) in [7, 11) is 4.24. The van der Waals surface area contributed by atoms with Crippen molar-refractivity contribution in [1.82, 2.24) is 4.90 Å². The Kier molecular flexibility index (Phi) is 5.47. The highest BCUT2D eigenvalue weighted by Gasteiger charge is 2.20. The molecule has 5 nitrogen and oxygen atoms in total. The molecule has 0 saturated carbocycles. The van der Waals surface area contributed by atoms with Gasteiger partial charge in [0, 0.05) is 29.3 Å². The first-order chi connectivity index (χ1) is 10.0. The summed E-state index contributed by atoms with van der Waals surface area (Å²) in [6.07, 6.45) is 2.44. The monoisotopic (exact) mass is 354 g/mol. The number of hydrogen-bond acceptors (Lipinski definition) is 4. The van der Waals surface area contributed by atoms with Crippen molar-refractivity contribution in [2.45, 2.75) is 12.8 Å². The number of hydrogen-bond donors (Lipinski definition) is 2. The van der Waals surface area contributed by atoms with E-state index in [0.29, 0.717) is 5.92 Å². The molecule has 1 aromatic rings. The summed E-state index contributed by atoms with van der Waals surface area (Å²) < 4.78 is 0.917. The standard InChI is InChI=1S/C15H23BrN4O/c1-19-7-5-11(6-8-19)10-20(2)14-4-3-12(16)9-13(14)15(17)18-21/h3-4,9,11,21H,5-8,10H2,1-2H3,(H2,17,18). The zero-order valence-electron chi connectivity index (χ0n) is 12.6. The molecule has 1 fully saturated rings. The van der Waals surface area contributed by atoms with Crippen LogP contribution in [0.2, 0.25) is 0 Å². The number of likely N-dealkylation sites (tertiary alicyclic amines) is 1. The van der Waals surface area contributed by atoms with Crippen molar-refractivity contribution in [3.63, 3.8) is 0 Å². The van der Waals surface area contributed by atoms with Crippen molar-refractivity contribution in [1.29, 1.82) is 0 Å². The van der Waals surface area contributed by atoms with Gasteiger partial charge in [-0.05, 0) is 57.1 Å². The van der Waals surface area contributed by atoms with E-state index in [1.54, 1.807) is 0 Å². The molecule has 0 radical (unpaired) electrons. The molecule has 1 heterocycles. The van der Waals surface area contributed by atoms with Gasteiger partial charge in [0.2, 0.25) is 0 Å². The van der Waals surface area contributed by atoms with E-state index in [0.717, 1.165) is 35.4 Å². The summed E-state index contributed by atoms with van der Waals surface area (Å²) in [6.45, 7) is 3.30. The zero-order valence-corrected chi connectivity index (χ0v) is 14.2. The van der Waals surface area contributed by atoms with Crippen LogP contribution in [0.25, 0.3) is 0 Å². The Balaban J connectivity index is 2.13. The summed E-state index contributed by atoms with van der Waals surface area (Å²) in [4.78, 5) is 4.58. The smallest absolute Gasteiger partial charge is 0.172 e. The quantitative estimate of drug-likeness (QED) is 0.377. The Hall–Kier alpha value is -1.27. The van der Waals surface area contributed by atoms with Gasteiger partial charge in [0.15, 0.2) is 5.84 Å². The summed E-state index contributed by atoms with van der Waals surface area (Å²) in [5.74, 6) is 0.830. The Morgan fingerprint density at radius 3 is 2.76 bits per heavy atom. The van der Waals surface area contributed by atoms with E-state index in [4.69, 9.17) is 10.9 Å². The molecule has 2 rings (SSSR count). The van der Waals surface area contributed by atoms with E-state index < -0.39 is 0 Å². The lowest BCUT2D eigenvalue weighted by Gasteiger charge is -2.33. The normalized spacial score (nSPS) is 18.0. The predicted molar refractivity (Wildman–Crippen MR) is 90.1 cm³/mol. The van der Waals surface area contributed by atoms with Crippen molar-refractivity contribution in [3.8, 4) is 0 Å². The van der Waals surface area contributed by atoms with E-state index in [1.807, 2.05) is 18.2 Å². The van der Waals surface area contributed by atoms with Crippen LogP contribution in [0.5, 0.6) is 0 Å². The Morgan fingerprint density at radius 1 is 1.48 bits per heavy atom. The molecule has 1 saturated heterocycles. The molecule has 0 atom stereocenters. The number of amidine groups is 1. The van der Waals surface area contributed by atoms with Crippen molar-refractivity contribution in [2.24, 2.45) is 16.8 Å². The average Bonchev–Trinajstić information content (AvgIpc) is 2.48. The number of nitrogens with two attached hydrogens (primary N) is 1. The number of piperidine rings is 1. The summed E-state index contributed by atoms with van der Waals surface area (Å²) in [6, 6.07) is 5.87. The minimum absolute atomic E-state index is 0.140. The molecule has 116 valence electrons. The number of anilines is 1. The number of rotatable bonds is 4. The largest absolute Gasteiger partial charge is 0.409 e. The molecule has 1 aliphatic rings. The van der Waals surface area contributed by atoms with E-state index in [-0.39, 0.29) is 5.84 Å². The molecule has 0 aliphatic carbocycles. The lowest BCUT2D eigenvalue weighted by Crippen LogP contribution is -2.36. The molecule has 0 spiro atoms. The molecular weight excluding hydrogens is 332 g/mol. The Morgan fingerprint density at radius 2 is 2.14 bits per heavy atom. The van der Waals surface area contributed by atoms with Crippen molar-refractivity contribution in [2.75, 3.05) is 38.6 Å². The summed E-state index contributed by atoms with van der Waals surface area (Å²) in [5.41, 5.74) is 7.54. The lowest BCUT2D eigenvalue weighted by atomic mass is 9.96. The predicted octanol–water partition coefficient (Wildman–Crippen LogP) is 2.32. The van der Waals surface area contributed by atoms with Crippen LogP contribution in [0, 0.1) is 5.92 Å². The first-order valence-corrected chi connectivity index (χ1v) is 7.97. The van der Waals surface area contributed by atoms with Crippen LogP contribution in [0.4, 0.5) is 5.69 Å². The van der Waals surface area contributed by atoms with Gasteiger partial charge >= 0.3 is 0 Å². The second-order valence-corrected chi connectivity index (χ2v) is 6.69. The molecular formula is C15H23BrN4O. The van der Waals surface area contributed by atoms with Crippen molar-refractivity contribution < 1.29 is 5.21 Å². The fourth-order valence-corrected chi connectivity index (χ4v) is 3.19. The maximum absolute atomic E-state index is 8.96. The van der Waals surface area contributed by atoms with Gasteiger partial charge in [-0.25, -0.2) is 0 Å². The van der Waals surface area contributed by atoms with Gasteiger partial charge in [-0.1, -0.05) is 21.1 Å². The molecule has 6 heteroatoms. The third-order valence-electron chi connectivity index (χ3n) is 4.12. The fraction of sp³-hybridized carbons (Fsp3) is 0.533. The number of benzene rings is 1. The maximum atomic E-state index is 8.96. The molecule has 0 bridgehead atoms. The van der Waals surface area contributed by atoms with Gasteiger partial charge < -0.3 is 20.7 Å². The van der Waals surface area contributed by atoms with Gasteiger partial charge in [0.1, 0.15) is 0 Å². The Labute approximate surface area is 134 Å². The van der Waals surface area contributed by atoms with Crippen LogP contribution in [0.3, 0.4) is 0 Å². The van der Waals surface area contributed by atoms with Crippen LogP contribution >= 0.6 is 15.9 Å². The second-order valence-electron chi connectivity index (χ2n) is 5.77. The van der Waals surface area contributed by atoms with E-state index in [2.05, 4.69) is 45.0 Å². The fourth-order valence-electron chi connectivity index (χ4n) is 2.83. The SMILES string of the molecule is CN1CCC(CN(C)c2ccc(Br)cc2/C(N)=N/O)CC1. The molecule has 1 aromatic carbocycles. The molecule has 3 N–H and O–H groups in total. The summed E-state index contributed by atoms with van der Waals surface area (Å²) >= 11 is 3.43. The number of halogens is 1. The summed E-state index contributed by atoms with van der Waals surface area (Å²) in [5, 5.41) is 12.1. The van der Waals surface area contributed by atoms with Crippen LogP contribution in [-0.4, -0.2) is 49.7 Å². The van der Waals surface area contributed by atoms with Crippen molar-refractivity contribution >= 4 is 27.5 Å².